The van der Waals surface area contributed by atoms with Crippen molar-refractivity contribution >= 4 is 27.5 Å². The first kappa shape index (κ1) is 18.4. The molecule has 30 heavy (non-hydrogen) atoms. The molecule has 0 saturated heterocycles. The second-order valence-corrected chi connectivity index (χ2v) is 7.94. The van der Waals surface area contributed by atoms with Crippen molar-refractivity contribution in [3.05, 3.63) is 90.6 Å². The van der Waals surface area contributed by atoms with E-state index in [1.165, 1.54) is 12.1 Å². The number of pyridine rings is 1. The predicted molar refractivity (Wildman–Crippen MR) is 111 cm³/mol. The van der Waals surface area contributed by atoms with Gasteiger partial charge in [0, 0.05) is 24.0 Å². The van der Waals surface area contributed by atoms with Crippen molar-refractivity contribution in [1.82, 2.24) is 19.4 Å². The van der Waals surface area contributed by atoms with Gasteiger partial charge in [-0.25, -0.2) is 19.3 Å². The van der Waals surface area contributed by atoms with Gasteiger partial charge in [0.25, 0.3) is 0 Å². The van der Waals surface area contributed by atoms with Crippen molar-refractivity contribution in [3.63, 3.8) is 0 Å². The first-order valence-electron chi connectivity index (χ1n) is 9.16. The fraction of sp³-hybridized carbons (Fsp3) is 0.0455. The summed E-state index contributed by atoms with van der Waals surface area (Å²) in [6.07, 6.45) is 5.01. The first-order valence-corrected chi connectivity index (χ1v) is 10.5. The molecule has 3 heterocycles. The molecular formula is C22H15FN4O2S. The van der Waals surface area contributed by atoms with E-state index in [1.54, 1.807) is 41.2 Å². The quantitative estimate of drug-likeness (QED) is 0.393. The molecule has 0 spiro atoms. The zero-order chi connectivity index (χ0) is 20.5. The summed E-state index contributed by atoms with van der Waals surface area (Å²) in [4.78, 5) is 13.2. The molecule has 0 aliphatic rings. The summed E-state index contributed by atoms with van der Waals surface area (Å²) in [5.74, 6) is 0.977. The monoisotopic (exact) mass is 418 g/mol. The minimum Gasteiger partial charge on any atom is -0.453 e. The van der Waals surface area contributed by atoms with Crippen LogP contribution in [0.25, 0.3) is 16.7 Å². The lowest BCUT2D eigenvalue weighted by Gasteiger charge is -2.10. The standard InChI is InChI=1S/C22H15FN4O2S/c23-17-6-8-18(9-7-17)29-19-12-16-13-25-22(26-20(16)27-11-10-24-21(19)27)30(28)14-15-4-2-1-3-5-15/h1-13H,14H2. The lowest BCUT2D eigenvalue weighted by atomic mass is 10.2. The topological polar surface area (TPSA) is 69.4 Å². The number of imidazole rings is 1. The smallest absolute Gasteiger partial charge is 0.220 e. The zero-order valence-corrected chi connectivity index (χ0v) is 16.4. The van der Waals surface area contributed by atoms with Gasteiger partial charge in [0.05, 0.1) is 16.6 Å². The normalized spacial score (nSPS) is 12.3. The Hall–Kier alpha value is -3.65. The van der Waals surface area contributed by atoms with Gasteiger partial charge >= 0.3 is 0 Å². The highest BCUT2D eigenvalue weighted by Crippen LogP contribution is 2.29. The maximum Gasteiger partial charge on any atom is 0.220 e. The molecule has 5 rings (SSSR count). The number of nitrogens with zero attached hydrogens (tertiary/aromatic N) is 4. The van der Waals surface area contributed by atoms with Gasteiger partial charge < -0.3 is 4.74 Å². The third-order valence-electron chi connectivity index (χ3n) is 4.54. The third-order valence-corrected chi connectivity index (χ3v) is 5.73. The van der Waals surface area contributed by atoms with Crippen molar-refractivity contribution in [2.24, 2.45) is 0 Å². The van der Waals surface area contributed by atoms with Crippen LogP contribution >= 0.6 is 0 Å². The maximum absolute atomic E-state index is 13.2. The molecule has 2 aromatic carbocycles. The molecular weight excluding hydrogens is 403 g/mol. The Kier molecular flexibility index (Phi) is 4.68. The van der Waals surface area contributed by atoms with Crippen molar-refractivity contribution in [3.8, 4) is 11.5 Å². The van der Waals surface area contributed by atoms with Crippen LogP contribution in [0.3, 0.4) is 0 Å². The molecule has 0 bridgehead atoms. The van der Waals surface area contributed by atoms with E-state index in [9.17, 15) is 8.60 Å². The van der Waals surface area contributed by atoms with Crippen molar-refractivity contribution in [2.75, 3.05) is 0 Å². The minimum atomic E-state index is -1.38. The van der Waals surface area contributed by atoms with Gasteiger partial charge in [-0.2, -0.15) is 0 Å². The summed E-state index contributed by atoms with van der Waals surface area (Å²) in [6, 6.07) is 17.1. The molecule has 8 heteroatoms. The summed E-state index contributed by atoms with van der Waals surface area (Å²) >= 11 is 0. The maximum atomic E-state index is 13.2. The summed E-state index contributed by atoms with van der Waals surface area (Å²) in [5.41, 5.74) is 2.08. The molecule has 0 amide bonds. The van der Waals surface area contributed by atoms with Crippen LogP contribution in [-0.2, 0) is 16.6 Å². The average Bonchev–Trinajstić information content (AvgIpc) is 3.26. The fourth-order valence-electron chi connectivity index (χ4n) is 3.13. The van der Waals surface area contributed by atoms with E-state index in [0.717, 1.165) is 5.56 Å². The van der Waals surface area contributed by atoms with Gasteiger partial charge in [-0.05, 0) is 35.9 Å². The van der Waals surface area contributed by atoms with Gasteiger partial charge in [0.1, 0.15) is 11.6 Å². The van der Waals surface area contributed by atoms with Crippen molar-refractivity contribution in [2.45, 2.75) is 10.9 Å². The number of benzene rings is 2. The second kappa shape index (κ2) is 7.64. The molecule has 0 N–H and O–H groups in total. The Morgan fingerprint density at radius 1 is 1.00 bits per heavy atom. The summed E-state index contributed by atoms with van der Waals surface area (Å²) in [6.45, 7) is 0. The number of halogens is 1. The van der Waals surface area contributed by atoms with E-state index >= 15 is 0 Å². The minimum absolute atomic E-state index is 0.258. The number of hydrogen-bond donors (Lipinski definition) is 0. The molecule has 0 saturated carbocycles. The SMILES string of the molecule is O=S(Cc1ccccc1)c1ncc2cc(Oc3ccc(F)cc3)c3nccn3c2n1. The highest BCUT2D eigenvalue weighted by atomic mass is 32.2. The predicted octanol–water partition coefficient (Wildman–Crippen LogP) is 4.52. The van der Waals surface area contributed by atoms with Gasteiger partial charge in [-0.1, -0.05) is 30.3 Å². The molecule has 0 aliphatic carbocycles. The highest BCUT2D eigenvalue weighted by molar-refractivity contribution is 7.84. The van der Waals surface area contributed by atoms with Crippen LogP contribution < -0.4 is 4.74 Å². The Morgan fingerprint density at radius 2 is 1.80 bits per heavy atom. The number of hydrogen-bond acceptors (Lipinski definition) is 5. The van der Waals surface area contributed by atoms with Crippen LogP contribution in [0.5, 0.6) is 11.5 Å². The van der Waals surface area contributed by atoms with Crippen LogP contribution in [0.4, 0.5) is 4.39 Å². The molecule has 0 aliphatic heterocycles. The lowest BCUT2D eigenvalue weighted by molar-refractivity contribution is 0.483. The van der Waals surface area contributed by atoms with Gasteiger partial charge in [-0.15, -0.1) is 0 Å². The number of ether oxygens (including phenoxy) is 1. The highest BCUT2D eigenvalue weighted by Gasteiger charge is 2.15. The molecule has 1 unspecified atom stereocenters. The summed E-state index contributed by atoms with van der Waals surface area (Å²) in [5, 5.41) is 0.964. The summed E-state index contributed by atoms with van der Waals surface area (Å²) in [7, 11) is -1.38. The van der Waals surface area contributed by atoms with Gasteiger partial charge in [0.2, 0.25) is 5.16 Å². The number of aromatic nitrogens is 4. The third kappa shape index (κ3) is 3.53. The lowest BCUT2D eigenvalue weighted by Crippen LogP contribution is -2.04. The van der Waals surface area contributed by atoms with Crippen LogP contribution in [0.1, 0.15) is 5.56 Å². The van der Waals surface area contributed by atoms with E-state index in [-0.39, 0.29) is 11.0 Å². The molecule has 0 fully saturated rings. The molecule has 1 atom stereocenters. The van der Waals surface area contributed by atoms with Crippen LogP contribution in [0.15, 0.2) is 84.4 Å². The Labute approximate surface area is 173 Å². The average molecular weight is 418 g/mol. The Morgan fingerprint density at radius 3 is 2.60 bits per heavy atom. The van der Waals surface area contributed by atoms with E-state index < -0.39 is 10.8 Å². The molecule has 3 aromatic heterocycles. The Bertz CT molecular complexity index is 1370. The first-order chi connectivity index (χ1) is 14.7. The largest absolute Gasteiger partial charge is 0.453 e. The van der Waals surface area contributed by atoms with E-state index in [4.69, 9.17) is 4.74 Å². The van der Waals surface area contributed by atoms with Gasteiger partial charge in [0.15, 0.2) is 17.0 Å². The molecule has 148 valence electrons. The number of fused-ring (bicyclic) bond motifs is 3. The summed E-state index contributed by atoms with van der Waals surface area (Å²) < 4.78 is 33.6. The Balaban J connectivity index is 1.53. The number of rotatable bonds is 5. The zero-order valence-electron chi connectivity index (χ0n) is 15.6. The van der Waals surface area contributed by atoms with E-state index in [2.05, 4.69) is 15.0 Å². The van der Waals surface area contributed by atoms with Gasteiger partial charge in [-0.3, -0.25) is 8.61 Å². The van der Waals surface area contributed by atoms with E-state index in [1.807, 2.05) is 30.3 Å². The molecule has 0 radical (unpaired) electrons. The molecule has 6 nitrogen and oxygen atoms in total. The van der Waals surface area contributed by atoms with E-state index in [0.29, 0.717) is 33.9 Å². The fourth-order valence-corrected chi connectivity index (χ4v) is 4.11. The van der Waals surface area contributed by atoms with Crippen molar-refractivity contribution in [1.29, 1.82) is 0 Å². The van der Waals surface area contributed by atoms with Crippen LogP contribution in [0, 0.1) is 5.82 Å². The van der Waals surface area contributed by atoms with Crippen molar-refractivity contribution < 1.29 is 13.3 Å². The molecule has 5 aromatic rings. The van der Waals surface area contributed by atoms with Crippen LogP contribution in [0.2, 0.25) is 0 Å². The second-order valence-electron chi connectivity index (χ2n) is 6.59. The van der Waals surface area contributed by atoms with Crippen LogP contribution in [-0.4, -0.2) is 23.6 Å².